The van der Waals surface area contributed by atoms with E-state index < -0.39 is 0 Å². The normalized spacial score (nSPS) is 26.1. The van der Waals surface area contributed by atoms with Crippen LogP contribution in [0.1, 0.15) is 49.0 Å². The van der Waals surface area contributed by atoms with E-state index in [0.717, 1.165) is 11.3 Å². The van der Waals surface area contributed by atoms with Crippen molar-refractivity contribution in [3.8, 4) is 0 Å². The SMILES string of the molecule is COC(=O)c1cc(C)ccc1NC1C(C)CCCC1C. The fourth-order valence-corrected chi connectivity index (χ4v) is 3.21. The maximum atomic E-state index is 11.9. The number of aryl methyl sites for hydroxylation is 1. The molecule has 0 amide bonds. The van der Waals surface area contributed by atoms with E-state index in [9.17, 15) is 4.79 Å². The zero-order chi connectivity index (χ0) is 14.7. The molecule has 1 fully saturated rings. The Morgan fingerprint density at radius 3 is 2.50 bits per heavy atom. The van der Waals surface area contributed by atoms with Gasteiger partial charge in [-0.05, 0) is 43.7 Å². The van der Waals surface area contributed by atoms with Gasteiger partial charge >= 0.3 is 5.97 Å². The first kappa shape index (κ1) is 14.9. The zero-order valence-corrected chi connectivity index (χ0v) is 12.9. The maximum Gasteiger partial charge on any atom is 0.339 e. The molecule has 0 heterocycles. The second-order valence-electron chi connectivity index (χ2n) is 6.10. The molecule has 2 rings (SSSR count). The van der Waals surface area contributed by atoms with Crippen LogP contribution in [-0.4, -0.2) is 19.1 Å². The number of carbonyl (C=O) groups excluding carboxylic acids is 1. The minimum atomic E-state index is -0.271. The Morgan fingerprint density at radius 2 is 1.90 bits per heavy atom. The first-order valence-electron chi connectivity index (χ1n) is 7.48. The summed E-state index contributed by atoms with van der Waals surface area (Å²) in [4.78, 5) is 11.9. The van der Waals surface area contributed by atoms with Crippen molar-refractivity contribution in [3.05, 3.63) is 29.3 Å². The smallest absolute Gasteiger partial charge is 0.339 e. The third-order valence-corrected chi connectivity index (χ3v) is 4.45. The average Bonchev–Trinajstić information content (AvgIpc) is 2.43. The lowest BCUT2D eigenvalue weighted by Crippen LogP contribution is -2.37. The molecule has 0 saturated heterocycles. The minimum Gasteiger partial charge on any atom is -0.465 e. The number of anilines is 1. The Hall–Kier alpha value is -1.51. The Labute approximate surface area is 121 Å². The second-order valence-corrected chi connectivity index (χ2v) is 6.10. The molecule has 110 valence electrons. The molecule has 0 bridgehead atoms. The number of hydrogen-bond acceptors (Lipinski definition) is 3. The van der Waals surface area contributed by atoms with Crippen LogP contribution in [0.5, 0.6) is 0 Å². The van der Waals surface area contributed by atoms with Gasteiger partial charge in [0.05, 0.1) is 12.7 Å². The molecule has 20 heavy (non-hydrogen) atoms. The van der Waals surface area contributed by atoms with Crippen LogP contribution in [0.15, 0.2) is 18.2 Å². The molecular formula is C17H25NO2. The van der Waals surface area contributed by atoms with Gasteiger partial charge in [-0.25, -0.2) is 4.79 Å². The van der Waals surface area contributed by atoms with Gasteiger partial charge in [0.1, 0.15) is 0 Å². The highest BCUT2D eigenvalue weighted by Crippen LogP contribution is 2.32. The van der Waals surface area contributed by atoms with Gasteiger partial charge < -0.3 is 10.1 Å². The van der Waals surface area contributed by atoms with Crippen LogP contribution in [0.3, 0.4) is 0 Å². The minimum absolute atomic E-state index is 0.271. The highest BCUT2D eigenvalue weighted by molar-refractivity contribution is 5.95. The molecule has 0 spiro atoms. The number of carbonyl (C=O) groups is 1. The zero-order valence-electron chi connectivity index (χ0n) is 12.9. The first-order valence-corrected chi connectivity index (χ1v) is 7.48. The van der Waals surface area contributed by atoms with Gasteiger partial charge in [0.2, 0.25) is 0 Å². The predicted molar refractivity (Wildman–Crippen MR) is 82.1 cm³/mol. The van der Waals surface area contributed by atoms with Crippen molar-refractivity contribution in [1.29, 1.82) is 0 Å². The molecule has 3 heteroatoms. The summed E-state index contributed by atoms with van der Waals surface area (Å²) in [6.07, 6.45) is 3.81. The van der Waals surface area contributed by atoms with Crippen LogP contribution in [0, 0.1) is 18.8 Å². The lowest BCUT2D eigenvalue weighted by molar-refractivity contribution is 0.0601. The van der Waals surface area contributed by atoms with E-state index in [-0.39, 0.29) is 5.97 Å². The molecule has 0 aliphatic heterocycles. The fraction of sp³-hybridized carbons (Fsp3) is 0.588. The van der Waals surface area contributed by atoms with Crippen LogP contribution in [0.4, 0.5) is 5.69 Å². The van der Waals surface area contributed by atoms with Gasteiger partial charge in [-0.3, -0.25) is 0 Å². The number of hydrogen-bond donors (Lipinski definition) is 1. The number of esters is 1. The first-order chi connectivity index (χ1) is 9.52. The molecule has 3 nitrogen and oxygen atoms in total. The third kappa shape index (κ3) is 3.14. The number of ether oxygens (including phenoxy) is 1. The monoisotopic (exact) mass is 275 g/mol. The van der Waals surface area contributed by atoms with Crippen molar-refractivity contribution < 1.29 is 9.53 Å². The summed E-state index contributed by atoms with van der Waals surface area (Å²) in [6.45, 7) is 6.57. The second kappa shape index (κ2) is 6.29. The van der Waals surface area contributed by atoms with Gasteiger partial charge in [-0.15, -0.1) is 0 Å². The van der Waals surface area contributed by atoms with Crippen LogP contribution in [0.2, 0.25) is 0 Å². The number of rotatable bonds is 3. The van der Waals surface area contributed by atoms with Gasteiger partial charge in [0, 0.05) is 11.7 Å². The van der Waals surface area contributed by atoms with E-state index in [4.69, 9.17) is 4.74 Å². The molecule has 2 unspecified atom stereocenters. The van der Waals surface area contributed by atoms with E-state index in [0.29, 0.717) is 23.4 Å². The van der Waals surface area contributed by atoms with Crippen LogP contribution < -0.4 is 5.32 Å². The topological polar surface area (TPSA) is 38.3 Å². The van der Waals surface area contributed by atoms with Crippen LogP contribution >= 0.6 is 0 Å². The standard InChI is InChI=1S/C17H25NO2/c1-11-8-9-15(14(10-11)17(19)20-4)18-16-12(2)6-5-7-13(16)3/h8-10,12-13,16,18H,5-7H2,1-4H3. The lowest BCUT2D eigenvalue weighted by atomic mass is 9.78. The molecule has 1 aromatic rings. The van der Waals surface area contributed by atoms with Gasteiger partial charge in [-0.1, -0.05) is 31.9 Å². The van der Waals surface area contributed by atoms with Crippen LogP contribution in [-0.2, 0) is 4.74 Å². The van der Waals surface area contributed by atoms with E-state index >= 15 is 0 Å². The van der Waals surface area contributed by atoms with E-state index in [1.54, 1.807) is 0 Å². The van der Waals surface area contributed by atoms with E-state index in [1.165, 1.54) is 26.4 Å². The highest BCUT2D eigenvalue weighted by Gasteiger charge is 2.28. The maximum absolute atomic E-state index is 11.9. The van der Waals surface area contributed by atoms with E-state index in [1.807, 2.05) is 25.1 Å². The Morgan fingerprint density at radius 1 is 1.25 bits per heavy atom. The summed E-state index contributed by atoms with van der Waals surface area (Å²) in [7, 11) is 1.43. The number of benzene rings is 1. The molecule has 1 aromatic carbocycles. The average molecular weight is 275 g/mol. The number of nitrogens with one attached hydrogen (secondary N) is 1. The molecular weight excluding hydrogens is 250 g/mol. The van der Waals surface area contributed by atoms with Crippen molar-refractivity contribution >= 4 is 11.7 Å². The third-order valence-electron chi connectivity index (χ3n) is 4.45. The van der Waals surface area contributed by atoms with Gasteiger partial charge in [0.25, 0.3) is 0 Å². The highest BCUT2D eigenvalue weighted by atomic mass is 16.5. The van der Waals surface area contributed by atoms with Crippen molar-refractivity contribution in [2.45, 2.75) is 46.1 Å². The van der Waals surface area contributed by atoms with E-state index in [2.05, 4.69) is 19.2 Å². The summed E-state index contributed by atoms with van der Waals surface area (Å²) in [5.41, 5.74) is 2.60. The predicted octanol–water partition coefficient (Wildman–Crippen LogP) is 4.02. The molecule has 1 saturated carbocycles. The van der Waals surface area contributed by atoms with Crippen molar-refractivity contribution in [3.63, 3.8) is 0 Å². The molecule has 1 aliphatic rings. The van der Waals surface area contributed by atoms with Crippen molar-refractivity contribution in [2.75, 3.05) is 12.4 Å². The van der Waals surface area contributed by atoms with Crippen molar-refractivity contribution in [1.82, 2.24) is 0 Å². The van der Waals surface area contributed by atoms with Gasteiger partial charge in [-0.2, -0.15) is 0 Å². The largest absolute Gasteiger partial charge is 0.465 e. The Kier molecular flexibility index (Phi) is 4.69. The quantitative estimate of drug-likeness (QED) is 0.847. The fourth-order valence-electron chi connectivity index (χ4n) is 3.21. The Bertz CT molecular complexity index is 474. The molecule has 0 radical (unpaired) electrons. The molecule has 1 N–H and O–H groups in total. The summed E-state index contributed by atoms with van der Waals surface area (Å²) in [5.74, 6) is 0.989. The molecule has 0 aromatic heterocycles. The molecule has 2 atom stereocenters. The summed E-state index contributed by atoms with van der Waals surface area (Å²) in [6, 6.07) is 6.35. The summed E-state index contributed by atoms with van der Waals surface area (Å²) in [5, 5.41) is 3.59. The number of methoxy groups -OCH3 is 1. The Balaban J connectivity index is 2.26. The summed E-state index contributed by atoms with van der Waals surface area (Å²) >= 11 is 0. The van der Waals surface area contributed by atoms with Crippen LogP contribution in [0.25, 0.3) is 0 Å². The molecule has 1 aliphatic carbocycles. The summed E-state index contributed by atoms with van der Waals surface area (Å²) < 4.78 is 4.90. The van der Waals surface area contributed by atoms with Crippen molar-refractivity contribution in [2.24, 2.45) is 11.8 Å². The lowest BCUT2D eigenvalue weighted by Gasteiger charge is -2.36. The van der Waals surface area contributed by atoms with Gasteiger partial charge in [0.15, 0.2) is 0 Å².